The second-order valence-corrected chi connectivity index (χ2v) is 9.53. The molecule has 2 heterocycles. The molecule has 0 radical (unpaired) electrons. The van der Waals surface area contributed by atoms with Gasteiger partial charge < -0.3 is 14.4 Å². The second kappa shape index (κ2) is 9.27. The molecule has 0 aliphatic carbocycles. The first-order valence-electron chi connectivity index (χ1n) is 10.9. The average Bonchev–Trinajstić information content (AvgIpc) is 3.20. The fraction of sp³-hybridized carbons (Fsp3) is 0.440. The van der Waals surface area contributed by atoms with Gasteiger partial charge in [-0.1, -0.05) is 49.4 Å². The van der Waals surface area contributed by atoms with Crippen molar-refractivity contribution in [2.75, 3.05) is 19.7 Å². The number of ether oxygens (including phenoxy) is 2. The molecule has 1 saturated heterocycles. The highest BCUT2D eigenvalue weighted by Crippen LogP contribution is 2.33. The van der Waals surface area contributed by atoms with Crippen molar-refractivity contribution in [3.05, 3.63) is 53.1 Å². The molecule has 1 aliphatic rings. The Labute approximate surface area is 188 Å². The predicted molar refractivity (Wildman–Crippen MR) is 125 cm³/mol. The lowest BCUT2D eigenvalue weighted by Gasteiger charge is -2.31. The van der Waals surface area contributed by atoms with Crippen molar-refractivity contribution in [1.29, 1.82) is 0 Å². The molecule has 0 N–H and O–H groups in total. The largest absolute Gasteiger partial charge is 0.484 e. The third-order valence-corrected chi connectivity index (χ3v) is 6.98. The normalized spacial score (nSPS) is 14.9. The van der Waals surface area contributed by atoms with Gasteiger partial charge in [0.25, 0.3) is 11.1 Å². The van der Waals surface area contributed by atoms with Gasteiger partial charge >= 0.3 is 0 Å². The number of rotatable bonds is 6. The summed E-state index contributed by atoms with van der Waals surface area (Å²) >= 11 is 1.61. The number of carbonyl (C=O) groups is 1. The van der Waals surface area contributed by atoms with Gasteiger partial charge in [-0.3, -0.25) is 4.79 Å². The number of thiazole rings is 1. The summed E-state index contributed by atoms with van der Waals surface area (Å²) in [6.07, 6.45) is 1.71. The molecule has 1 aromatic heterocycles. The number of aromatic nitrogens is 1. The van der Waals surface area contributed by atoms with Crippen LogP contribution in [0.3, 0.4) is 0 Å². The first-order valence-corrected chi connectivity index (χ1v) is 11.8. The molecule has 6 heteroatoms. The van der Waals surface area contributed by atoms with Crippen molar-refractivity contribution in [3.8, 4) is 10.9 Å². The third kappa shape index (κ3) is 5.01. The molecule has 4 rings (SSSR count). The molecule has 164 valence electrons. The SMILES string of the molecule is Cc1ccc(C)c2sc(OC3CCN(C(=O)COc4ccc(C(C)C)cc4)CC3)nc12. The zero-order valence-electron chi connectivity index (χ0n) is 18.7. The molecular formula is C25H30N2O3S. The molecule has 3 aromatic rings. The molecule has 0 saturated carbocycles. The van der Waals surface area contributed by atoms with Gasteiger partial charge in [0.15, 0.2) is 6.61 Å². The van der Waals surface area contributed by atoms with Crippen LogP contribution < -0.4 is 9.47 Å². The van der Waals surface area contributed by atoms with Crippen molar-refractivity contribution in [1.82, 2.24) is 9.88 Å². The van der Waals surface area contributed by atoms with Crippen molar-refractivity contribution < 1.29 is 14.3 Å². The molecule has 0 spiro atoms. The van der Waals surface area contributed by atoms with Crippen LogP contribution in [0.2, 0.25) is 0 Å². The smallest absolute Gasteiger partial charge is 0.274 e. The highest BCUT2D eigenvalue weighted by atomic mass is 32.1. The highest BCUT2D eigenvalue weighted by Gasteiger charge is 2.25. The van der Waals surface area contributed by atoms with E-state index in [1.54, 1.807) is 11.3 Å². The Morgan fingerprint density at radius 2 is 1.77 bits per heavy atom. The van der Waals surface area contributed by atoms with Crippen LogP contribution in [-0.4, -0.2) is 41.6 Å². The molecule has 0 unspecified atom stereocenters. The minimum absolute atomic E-state index is 0.0256. The van der Waals surface area contributed by atoms with Gasteiger partial charge in [-0.2, -0.15) is 0 Å². The van der Waals surface area contributed by atoms with E-state index in [2.05, 4.69) is 52.0 Å². The average molecular weight is 439 g/mol. The van der Waals surface area contributed by atoms with Crippen LogP contribution in [0.5, 0.6) is 10.9 Å². The maximum absolute atomic E-state index is 12.6. The molecule has 2 aromatic carbocycles. The van der Waals surface area contributed by atoms with Crippen LogP contribution in [0.15, 0.2) is 36.4 Å². The number of fused-ring (bicyclic) bond motifs is 1. The zero-order valence-corrected chi connectivity index (χ0v) is 19.5. The maximum Gasteiger partial charge on any atom is 0.274 e. The first-order chi connectivity index (χ1) is 14.9. The number of hydrogen-bond donors (Lipinski definition) is 0. The van der Waals surface area contributed by atoms with E-state index in [0.29, 0.717) is 19.0 Å². The minimum Gasteiger partial charge on any atom is -0.484 e. The summed E-state index contributed by atoms with van der Waals surface area (Å²) in [6, 6.07) is 12.2. The fourth-order valence-electron chi connectivity index (χ4n) is 3.84. The van der Waals surface area contributed by atoms with Gasteiger partial charge in [-0.05, 0) is 48.6 Å². The summed E-state index contributed by atoms with van der Waals surface area (Å²) in [6.45, 7) is 9.94. The summed E-state index contributed by atoms with van der Waals surface area (Å²) in [5.74, 6) is 1.24. The lowest BCUT2D eigenvalue weighted by Crippen LogP contribution is -2.43. The first kappa shape index (κ1) is 21.6. The zero-order chi connectivity index (χ0) is 22.0. The Bertz CT molecular complexity index is 1010. The van der Waals surface area contributed by atoms with Crippen molar-refractivity contribution in [2.24, 2.45) is 0 Å². The van der Waals surface area contributed by atoms with Gasteiger partial charge in [0.1, 0.15) is 11.9 Å². The third-order valence-electron chi connectivity index (χ3n) is 5.89. The molecule has 5 nitrogen and oxygen atoms in total. The van der Waals surface area contributed by atoms with Crippen LogP contribution in [0, 0.1) is 13.8 Å². The van der Waals surface area contributed by atoms with E-state index >= 15 is 0 Å². The Morgan fingerprint density at radius 1 is 1.10 bits per heavy atom. The van der Waals surface area contributed by atoms with Gasteiger partial charge in [-0.15, -0.1) is 0 Å². The standard InChI is InChI=1S/C25H30N2O3S/c1-16(2)19-7-9-20(10-8-19)29-15-22(28)27-13-11-21(12-14-27)30-25-26-23-17(3)5-6-18(4)24(23)31-25/h5-10,16,21H,11-15H2,1-4H3. The summed E-state index contributed by atoms with van der Waals surface area (Å²) in [7, 11) is 0. The van der Waals surface area contributed by atoms with Crippen LogP contribution in [-0.2, 0) is 4.79 Å². The summed E-state index contributed by atoms with van der Waals surface area (Å²) in [5.41, 5.74) is 4.70. The Balaban J connectivity index is 1.27. The monoisotopic (exact) mass is 438 g/mol. The lowest BCUT2D eigenvalue weighted by molar-refractivity contribution is -0.135. The molecular weight excluding hydrogens is 408 g/mol. The number of piperidine rings is 1. The topological polar surface area (TPSA) is 51.7 Å². The van der Waals surface area contributed by atoms with Crippen LogP contribution in [0.1, 0.15) is 49.3 Å². The van der Waals surface area contributed by atoms with E-state index in [0.717, 1.165) is 29.3 Å². The number of benzene rings is 2. The van der Waals surface area contributed by atoms with Gasteiger partial charge in [-0.25, -0.2) is 4.98 Å². The van der Waals surface area contributed by atoms with E-state index in [1.165, 1.54) is 21.4 Å². The molecule has 1 fully saturated rings. The number of amides is 1. The van der Waals surface area contributed by atoms with Crippen molar-refractivity contribution in [2.45, 2.75) is 52.6 Å². The lowest BCUT2D eigenvalue weighted by atomic mass is 10.0. The van der Waals surface area contributed by atoms with E-state index in [1.807, 2.05) is 17.0 Å². The number of aryl methyl sites for hydroxylation is 2. The molecule has 0 atom stereocenters. The quantitative estimate of drug-likeness (QED) is 0.511. The number of likely N-dealkylation sites (tertiary alicyclic amines) is 1. The van der Waals surface area contributed by atoms with Crippen LogP contribution >= 0.6 is 11.3 Å². The van der Waals surface area contributed by atoms with Gasteiger partial charge in [0.05, 0.1) is 10.2 Å². The van der Waals surface area contributed by atoms with Crippen LogP contribution in [0.4, 0.5) is 0 Å². The maximum atomic E-state index is 12.6. The van der Waals surface area contributed by atoms with Crippen LogP contribution in [0.25, 0.3) is 10.2 Å². The molecule has 0 bridgehead atoms. The number of hydrogen-bond acceptors (Lipinski definition) is 5. The highest BCUT2D eigenvalue weighted by molar-refractivity contribution is 7.20. The number of nitrogens with zero attached hydrogens (tertiary/aromatic N) is 2. The predicted octanol–water partition coefficient (Wildman–Crippen LogP) is 5.49. The Hall–Kier alpha value is -2.60. The molecule has 1 amide bonds. The fourth-order valence-corrected chi connectivity index (χ4v) is 4.87. The van der Waals surface area contributed by atoms with Gasteiger partial charge in [0.2, 0.25) is 0 Å². The summed E-state index contributed by atoms with van der Waals surface area (Å²) < 4.78 is 13.1. The molecule has 1 aliphatic heterocycles. The van der Waals surface area contributed by atoms with Gasteiger partial charge in [0, 0.05) is 25.9 Å². The minimum atomic E-state index is 0.0256. The van der Waals surface area contributed by atoms with E-state index in [9.17, 15) is 4.79 Å². The van der Waals surface area contributed by atoms with E-state index in [4.69, 9.17) is 14.5 Å². The Kier molecular flexibility index (Phi) is 6.46. The Morgan fingerprint density at radius 3 is 2.42 bits per heavy atom. The molecule has 31 heavy (non-hydrogen) atoms. The van der Waals surface area contributed by atoms with E-state index in [-0.39, 0.29) is 18.6 Å². The summed E-state index contributed by atoms with van der Waals surface area (Å²) in [5, 5.41) is 0.727. The second-order valence-electron chi connectivity index (χ2n) is 8.57. The summed E-state index contributed by atoms with van der Waals surface area (Å²) in [4.78, 5) is 19.1. The van der Waals surface area contributed by atoms with E-state index < -0.39 is 0 Å². The van der Waals surface area contributed by atoms with Crippen molar-refractivity contribution >= 4 is 27.5 Å². The number of carbonyl (C=O) groups excluding carboxylic acids is 1. The van der Waals surface area contributed by atoms with Crippen molar-refractivity contribution in [3.63, 3.8) is 0 Å².